The van der Waals surface area contributed by atoms with Crippen LogP contribution in [-0.2, 0) is 0 Å². The third-order valence-corrected chi connectivity index (χ3v) is 3.72. The summed E-state index contributed by atoms with van der Waals surface area (Å²) in [4.78, 5) is 4.59. The maximum absolute atomic E-state index is 2.30. The number of nitrogens with zero attached hydrogens (tertiary/aromatic N) is 2. The molecule has 2 aromatic carbocycles. The van der Waals surface area contributed by atoms with Crippen molar-refractivity contribution in [3.8, 4) is 0 Å². The quantitative estimate of drug-likeness (QED) is 0.812. The number of anilines is 2. The van der Waals surface area contributed by atoms with Gasteiger partial charge in [0.1, 0.15) is 0 Å². The van der Waals surface area contributed by atoms with Gasteiger partial charge in [-0.3, -0.25) is 0 Å². The number of benzene rings is 2. The number of hydrogen-bond acceptors (Lipinski definition) is 2. The summed E-state index contributed by atoms with van der Waals surface area (Å²) in [6, 6.07) is 17.4. The van der Waals surface area contributed by atoms with Crippen LogP contribution in [0, 0.1) is 13.8 Å². The van der Waals surface area contributed by atoms with E-state index in [4.69, 9.17) is 0 Å². The van der Waals surface area contributed by atoms with E-state index in [0.29, 0.717) is 0 Å². The summed E-state index contributed by atoms with van der Waals surface area (Å²) in [6.45, 7) is 6.25. The Morgan fingerprint density at radius 2 is 0.900 bits per heavy atom. The van der Waals surface area contributed by atoms with E-state index >= 15 is 0 Å². The second-order valence-electron chi connectivity index (χ2n) is 5.51. The van der Waals surface area contributed by atoms with Crippen molar-refractivity contribution in [1.82, 2.24) is 0 Å². The lowest BCUT2D eigenvalue weighted by atomic mass is 10.2. The van der Waals surface area contributed by atoms with Gasteiger partial charge in [0, 0.05) is 38.6 Å². The Balaban J connectivity index is 1.91. The average molecular weight is 268 g/mol. The van der Waals surface area contributed by atoms with E-state index in [1.807, 2.05) is 0 Å². The maximum Gasteiger partial charge on any atom is 0.0364 e. The van der Waals surface area contributed by atoms with Crippen LogP contribution in [0.4, 0.5) is 11.4 Å². The smallest absolute Gasteiger partial charge is 0.0364 e. The largest absolute Gasteiger partial charge is 0.373 e. The van der Waals surface area contributed by atoms with Crippen molar-refractivity contribution in [3.63, 3.8) is 0 Å². The lowest BCUT2D eigenvalue weighted by Gasteiger charge is -2.25. The van der Waals surface area contributed by atoms with Gasteiger partial charge in [0.05, 0.1) is 0 Å². The fraction of sp³-hybridized carbons (Fsp3) is 0.333. The van der Waals surface area contributed by atoms with E-state index in [2.05, 4.69) is 86.3 Å². The zero-order chi connectivity index (χ0) is 14.5. The number of hydrogen-bond donors (Lipinski definition) is 0. The fourth-order valence-electron chi connectivity index (χ4n) is 2.16. The Hall–Kier alpha value is -1.96. The van der Waals surface area contributed by atoms with Crippen molar-refractivity contribution in [3.05, 3.63) is 59.7 Å². The Bertz CT molecular complexity index is 477. The first-order chi connectivity index (χ1) is 9.56. The van der Waals surface area contributed by atoms with Crippen LogP contribution in [-0.4, -0.2) is 27.2 Å². The molecule has 2 aromatic rings. The van der Waals surface area contributed by atoms with Gasteiger partial charge in [0.2, 0.25) is 0 Å². The van der Waals surface area contributed by atoms with E-state index in [1.165, 1.54) is 22.5 Å². The van der Waals surface area contributed by atoms with Crippen LogP contribution in [0.3, 0.4) is 0 Å². The predicted octanol–water partition coefficient (Wildman–Crippen LogP) is 3.88. The predicted molar refractivity (Wildman–Crippen MR) is 88.9 cm³/mol. The average Bonchev–Trinajstić information content (AvgIpc) is 2.46. The molecule has 0 heterocycles. The molecule has 0 radical (unpaired) electrons. The summed E-state index contributed by atoms with van der Waals surface area (Å²) >= 11 is 0. The molecular formula is C18H24N2. The van der Waals surface area contributed by atoms with E-state index < -0.39 is 0 Å². The minimum Gasteiger partial charge on any atom is -0.373 e. The van der Waals surface area contributed by atoms with E-state index in [-0.39, 0.29) is 0 Å². The van der Waals surface area contributed by atoms with Gasteiger partial charge in [-0.15, -0.1) is 0 Å². The summed E-state index contributed by atoms with van der Waals surface area (Å²) < 4.78 is 0. The summed E-state index contributed by atoms with van der Waals surface area (Å²) in [5, 5.41) is 0. The van der Waals surface area contributed by atoms with E-state index in [9.17, 15) is 0 Å². The van der Waals surface area contributed by atoms with Gasteiger partial charge in [-0.1, -0.05) is 35.4 Å². The summed E-state index contributed by atoms with van der Waals surface area (Å²) in [6.07, 6.45) is 0. The molecule has 0 saturated carbocycles. The zero-order valence-corrected chi connectivity index (χ0v) is 12.9. The van der Waals surface area contributed by atoms with Crippen molar-refractivity contribution in [1.29, 1.82) is 0 Å². The highest BCUT2D eigenvalue weighted by molar-refractivity contribution is 5.49. The second kappa shape index (κ2) is 6.47. The molecule has 2 nitrogen and oxygen atoms in total. The molecule has 0 spiro atoms. The van der Waals surface area contributed by atoms with E-state index in [0.717, 1.165) is 13.1 Å². The molecule has 0 fully saturated rings. The molecule has 2 rings (SSSR count). The molecule has 2 heteroatoms. The monoisotopic (exact) mass is 268 g/mol. The van der Waals surface area contributed by atoms with Gasteiger partial charge in [-0.25, -0.2) is 0 Å². The number of likely N-dealkylation sites (N-methyl/N-ethyl adjacent to an activating group) is 2. The molecule has 0 saturated heterocycles. The first-order valence-electron chi connectivity index (χ1n) is 7.12. The topological polar surface area (TPSA) is 6.48 Å². The van der Waals surface area contributed by atoms with Crippen LogP contribution in [0.25, 0.3) is 0 Å². The van der Waals surface area contributed by atoms with Crippen LogP contribution in [0.1, 0.15) is 11.1 Å². The SMILES string of the molecule is Cc1ccc(N(C)CCN(C)c2ccc(C)cc2)cc1. The van der Waals surface area contributed by atoms with E-state index in [1.54, 1.807) is 0 Å². The van der Waals surface area contributed by atoms with Crippen molar-refractivity contribution in [2.75, 3.05) is 37.0 Å². The summed E-state index contributed by atoms with van der Waals surface area (Å²) in [5.74, 6) is 0. The molecule has 0 aromatic heterocycles. The highest BCUT2D eigenvalue weighted by Gasteiger charge is 2.04. The van der Waals surface area contributed by atoms with Crippen molar-refractivity contribution < 1.29 is 0 Å². The molecule has 0 N–H and O–H groups in total. The Kier molecular flexibility index (Phi) is 4.67. The van der Waals surface area contributed by atoms with Crippen molar-refractivity contribution >= 4 is 11.4 Å². The third kappa shape index (κ3) is 3.77. The van der Waals surface area contributed by atoms with Crippen LogP contribution < -0.4 is 9.80 Å². The molecular weight excluding hydrogens is 244 g/mol. The van der Waals surface area contributed by atoms with Crippen LogP contribution in [0.15, 0.2) is 48.5 Å². The molecule has 0 atom stereocenters. The zero-order valence-electron chi connectivity index (χ0n) is 12.9. The van der Waals surface area contributed by atoms with Gasteiger partial charge >= 0.3 is 0 Å². The number of aryl methyl sites for hydroxylation is 2. The minimum atomic E-state index is 1.01. The Labute approximate surface area is 122 Å². The standard InChI is InChI=1S/C18H24N2/c1-15-5-9-17(10-6-15)19(3)13-14-20(4)18-11-7-16(2)8-12-18/h5-12H,13-14H2,1-4H3. The fourth-order valence-corrected chi connectivity index (χ4v) is 2.16. The van der Waals surface area contributed by atoms with Gasteiger partial charge in [-0.05, 0) is 38.1 Å². The molecule has 106 valence electrons. The molecule has 0 bridgehead atoms. The normalized spacial score (nSPS) is 10.4. The first kappa shape index (κ1) is 14.4. The van der Waals surface area contributed by atoms with Crippen molar-refractivity contribution in [2.45, 2.75) is 13.8 Å². The molecule has 0 unspecified atom stereocenters. The lowest BCUT2D eigenvalue weighted by molar-refractivity contribution is 0.833. The van der Waals surface area contributed by atoms with Crippen molar-refractivity contribution in [2.24, 2.45) is 0 Å². The molecule has 0 aliphatic carbocycles. The molecule has 0 amide bonds. The van der Waals surface area contributed by atoms with Crippen LogP contribution in [0.5, 0.6) is 0 Å². The third-order valence-electron chi connectivity index (χ3n) is 3.72. The Morgan fingerprint density at radius 3 is 1.20 bits per heavy atom. The highest BCUT2D eigenvalue weighted by Crippen LogP contribution is 2.15. The van der Waals surface area contributed by atoms with Crippen LogP contribution in [0.2, 0.25) is 0 Å². The lowest BCUT2D eigenvalue weighted by Crippen LogP contribution is -2.30. The molecule has 0 aliphatic rings. The molecule has 0 aliphatic heterocycles. The van der Waals surface area contributed by atoms with Gasteiger partial charge in [-0.2, -0.15) is 0 Å². The van der Waals surface area contributed by atoms with Gasteiger partial charge in [0.15, 0.2) is 0 Å². The summed E-state index contributed by atoms with van der Waals surface area (Å²) in [7, 11) is 4.29. The Morgan fingerprint density at radius 1 is 0.600 bits per heavy atom. The first-order valence-corrected chi connectivity index (χ1v) is 7.12. The van der Waals surface area contributed by atoms with Gasteiger partial charge < -0.3 is 9.80 Å². The number of rotatable bonds is 5. The maximum atomic E-state index is 2.30. The second-order valence-corrected chi connectivity index (χ2v) is 5.51. The minimum absolute atomic E-state index is 1.01. The molecule has 20 heavy (non-hydrogen) atoms. The highest BCUT2D eigenvalue weighted by atomic mass is 15.2. The van der Waals surface area contributed by atoms with Gasteiger partial charge in [0.25, 0.3) is 0 Å². The van der Waals surface area contributed by atoms with Crippen LogP contribution >= 0.6 is 0 Å². The summed E-state index contributed by atoms with van der Waals surface area (Å²) in [5.41, 5.74) is 5.15.